The van der Waals surface area contributed by atoms with Crippen molar-refractivity contribution in [2.24, 2.45) is 0 Å². The van der Waals surface area contributed by atoms with Gasteiger partial charge in [-0.15, -0.1) is 0 Å². The molecule has 0 saturated carbocycles. The normalized spacial score (nSPS) is 10.7. The lowest BCUT2D eigenvalue weighted by Gasteiger charge is -2.02. The molecule has 3 nitrogen and oxygen atoms in total. The van der Waals surface area contributed by atoms with Gasteiger partial charge >= 0.3 is 0 Å². The van der Waals surface area contributed by atoms with Crippen LogP contribution in [0.2, 0.25) is 0 Å². The Morgan fingerprint density at radius 3 is 2.62 bits per heavy atom. The Morgan fingerprint density at radius 2 is 2.00 bits per heavy atom. The average Bonchev–Trinajstić information content (AvgIpc) is 2.44. The van der Waals surface area contributed by atoms with E-state index in [1.807, 2.05) is 11.6 Å². The van der Waals surface area contributed by atoms with Gasteiger partial charge < -0.3 is 0 Å². The predicted molar refractivity (Wildman–Crippen MR) is 53.7 cm³/mol. The molecule has 1 aromatic heterocycles. The van der Waals surface area contributed by atoms with Crippen molar-refractivity contribution in [1.82, 2.24) is 14.8 Å². The van der Waals surface area contributed by atoms with E-state index in [0.717, 1.165) is 31.0 Å². The standard InChI is InChI=1S/C10H19N3/c1-4-6-7-10-11-9(3)12-13(10)8-5-2/h4-8H2,1-3H3. The molecule has 0 N–H and O–H groups in total. The van der Waals surface area contributed by atoms with Crippen molar-refractivity contribution >= 4 is 0 Å². The van der Waals surface area contributed by atoms with E-state index < -0.39 is 0 Å². The molecule has 0 aliphatic heterocycles. The highest BCUT2D eigenvalue weighted by atomic mass is 15.3. The van der Waals surface area contributed by atoms with Crippen LogP contribution in [-0.2, 0) is 13.0 Å². The first-order valence-electron chi connectivity index (χ1n) is 5.18. The summed E-state index contributed by atoms with van der Waals surface area (Å²) in [6.07, 6.45) is 4.62. The van der Waals surface area contributed by atoms with Crippen molar-refractivity contribution in [3.8, 4) is 0 Å². The van der Waals surface area contributed by atoms with Crippen LogP contribution in [0.15, 0.2) is 0 Å². The maximum absolute atomic E-state index is 4.42. The van der Waals surface area contributed by atoms with Crippen LogP contribution < -0.4 is 0 Å². The minimum absolute atomic E-state index is 0.902. The zero-order valence-electron chi connectivity index (χ0n) is 8.88. The van der Waals surface area contributed by atoms with Gasteiger partial charge in [-0.25, -0.2) is 9.67 Å². The molecule has 0 atom stereocenters. The molecule has 0 bridgehead atoms. The molecule has 1 aromatic rings. The van der Waals surface area contributed by atoms with Crippen LogP contribution >= 0.6 is 0 Å². The number of unbranched alkanes of at least 4 members (excludes halogenated alkanes) is 1. The van der Waals surface area contributed by atoms with Gasteiger partial charge in [0, 0.05) is 13.0 Å². The van der Waals surface area contributed by atoms with Gasteiger partial charge in [0.1, 0.15) is 11.6 Å². The highest BCUT2D eigenvalue weighted by molar-refractivity contribution is 4.91. The molecule has 74 valence electrons. The Balaban J connectivity index is 2.66. The van der Waals surface area contributed by atoms with E-state index in [0.29, 0.717) is 0 Å². The number of rotatable bonds is 5. The van der Waals surface area contributed by atoms with Crippen LogP contribution in [0, 0.1) is 6.92 Å². The minimum atomic E-state index is 0.902. The van der Waals surface area contributed by atoms with Gasteiger partial charge in [0.15, 0.2) is 0 Å². The molecule has 0 aliphatic rings. The maximum Gasteiger partial charge on any atom is 0.147 e. The van der Waals surface area contributed by atoms with E-state index in [2.05, 4.69) is 23.9 Å². The monoisotopic (exact) mass is 181 g/mol. The van der Waals surface area contributed by atoms with Crippen LogP contribution in [-0.4, -0.2) is 14.8 Å². The third-order valence-corrected chi connectivity index (χ3v) is 2.04. The molecule has 3 heteroatoms. The van der Waals surface area contributed by atoms with Gasteiger partial charge in [0.2, 0.25) is 0 Å². The first kappa shape index (κ1) is 10.2. The summed E-state index contributed by atoms with van der Waals surface area (Å²) in [6.45, 7) is 7.33. The summed E-state index contributed by atoms with van der Waals surface area (Å²) in [6, 6.07) is 0. The molecule has 0 radical (unpaired) electrons. The molecule has 0 aliphatic carbocycles. The number of hydrogen-bond acceptors (Lipinski definition) is 2. The van der Waals surface area contributed by atoms with E-state index in [-0.39, 0.29) is 0 Å². The molecule has 0 saturated heterocycles. The van der Waals surface area contributed by atoms with Crippen LogP contribution in [0.3, 0.4) is 0 Å². The van der Waals surface area contributed by atoms with E-state index in [4.69, 9.17) is 0 Å². The lowest BCUT2D eigenvalue weighted by Crippen LogP contribution is -2.05. The lowest BCUT2D eigenvalue weighted by molar-refractivity contribution is 0.558. The topological polar surface area (TPSA) is 30.7 Å². The first-order valence-corrected chi connectivity index (χ1v) is 5.18. The van der Waals surface area contributed by atoms with Crippen molar-refractivity contribution in [2.45, 2.75) is 53.0 Å². The van der Waals surface area contributed by atoms with Crippen LogP contribution in [0.4, 0.5) is 0 Å². The van der Waals surface area contributed by atoms with Gasteiger partial charge in [-0.1, -0.05) is 20.3 Å². The Kier molecular flexibility index (Phi) is 3.93. The summed E-state index contributed by atoms with van der Waals surface area (Å²) in [5.41, 5.74) is 0. The number of aromatic nitrogens is 3. The number of hydrogen-bond donors (Lipinski definition) is 0. The van der Waals surface area contributed by atoms with Crippen LogP contribution in [0.1, 0.15) is 44.8 Å². The molecule has 0 fully saturated rings. The quantitative estimate of drug-likeness (QED) is 0.698. The molecule has 13 heavy (non-hydrogen) atoms. The smallest absolute Gasteiger partial charge is 0.147 e. The Bertz CT molecular complexity index is 253. The SMILES string of the molecule is CCCCc1nc(C)nn1CCC. The summed E-state index contributed by atoms with van der Waals surface area (Å²) < 4.78 is 2.05. The van der Waals surface area contributed by atoms with Crippen molar-refractivity contribution in [1.29, 1.82) is 0 Å². The average molecular weight is 181 g/mol. The highest BCUT2D eigenvalue weighted by Crippen LogP contribution is 2.04. The molecule has 0 spiro atoms. The molecular formula is C10H19N3. The summed E-state index contributed by atoms with van der Waals surface area (Å²) in [4.78, 5) is 4.42. The van der Waals surface area contributed by atoms with E-state index in [9.17, 15) is 0 Å². The second kappa shape index (κ2) is 5.00. The second-order valence-electron chi connectivity index (χ2n) is 3.40. The fourth-order valence-corrected chi connectivity index (χ4v) is 1.41. The Hall–Kier alpha value is -0.860. The fraction of sp³-hybridized carbons (Fsp3) is 0.800. The lowest BCUT2D eigenvalue weighted by atomic mass is 10.2. The summed E-state index contributed by atoms with van der Waals surface area (Å²) >= 11 is 0. The molecule has 0 unspecified atom stereocenters. The molecule has 1 rings (SSSR count). The first-order chi connectivity index (χ1) is 6.27. The van der Waals surface area contributed by atoms with Crippen molar-refractivity contribution in [3.63, 3.8) is 0 Å². The summed E-state index contributed by atoms with van der Waals surface area (Å²) in [7, 11) is 0. The Labute approximate surface area is 80.2 Å². The third kappa shape index (κ3) is 2.83. The van der Waals surface area contributed by atoms with Gasteiger partial charge in [-0.2, -0.15) is 5.10 Å². The van der Waals surface area contributed by atoms with Crippen LogP contribution in [0.5, 0.6) is 0 Å². The molecule has 1 heterocycles. The van der Waals surface area contributed by atoms with Gasteiger partial charge in [0.05, 0.1) is 0 Å². The van der Waals surface area contributed by atoms with Crippen molar-refractivity contribution in [3.05, 3.63) is 11.6 Å². The van der Waals surface area contributed by atoms with Crippen molar-refractivity contribution < 1.29 is 0 Å². The zero-order chi connectivity index (χ0) is 9.68. The zero-order valence-corrected chi connectivity index (χ0v) is 8.88. The summed E-state index contributed by atoms with van der Waals surface area (Å²) in [5, 5.41) is 4.36. The second-order valence-corrected chi connectivity index (χ2v) is 3.40. The van der Waals surface area contributed by atoms with E-state index >= 15 is 0 Å². The summed E-state index contributed by atoms with van der Waals surface area (Å²) in [5.74, 6) is 2.06. The third-order valence-electron chi connectivity index (χ3n) is 2.04. The molecule has 0 amide bonds. The van der Waals surface area contributed by atoms with E-state index in [1.165, 1.54) is 12.8 Å². The van der Waals surface area contributed by atoms with E-state index in [1.54, 1.807) is 0 Å². The number of aryl methyl sites for hydroxylation is 3. The highest BCUT2D eigenvalue weighted by Gasteiger charge is 2.04. The largest absolute Gasteiger partial charge is 0.250 e. The fourth-order valence-electron chi connectivity index (χ4n) is 1.41. The van der Waals surface area contributed by atoms with Crippen molar-refractivity contribution in [2.75, 3.05) is 0 Å². The van der Waals surface area contributed by atoms with Gasteiger partial charge in [-0.05, 0) is 19.8 Å². The van der Waals surface area contributed by atoms with Gasteiger partial charge in [0.25, 0.3) is 0 Å². The van der Waals surface area contributed by atoms with Gasteiger partial charge in [-0.3, -0.25) is 0 Å². The minimum Gasteiger partial charge on any atom is -0.250 e. The molecular weight excluding hydrogens is 162 g/mol. The Morgan fingerprint density at radius 1 is 1.23 bits per heavy atom. The maximum atomic E-state index is 4.42. The van der Waals surface area contributed by atoms with Crippen LogP contribution in [0.25, 0.3) is 0 Å². The predicted octanol–water partition coefficient (Wildman–Crippen LogP) is 2.34. The number of nitrogens with zero attached hydrogens (tertiary/aromatic N) is 3. The molecule has 0 aromatic carbocycles.